The van der Waals surface area contributed by atoms with Crippen molar-refractivity contribution < 1.29 is 9.53 Å². The van der Waals surface area contributed by atoms with Crippen molar-refractivity contribution in [3.05, 3.63) is 35.4 Å². The topological polar surface area (TPSA) is 29.5 Å². The molecule has 1 aromatic rings. The number of likely N-dealkylation sites (tertiary alicyclic amines) is 1. The largest absolute Gasteiger partial charge is 0.378 e. The van der Waals surface area contributed by atoms with Crippen LogP contribution in [0.4, 0.5) is 0 Å². The van der Waals surface area contributed by atoms with Crippen molar-refractivity contribution in [2.24, 2.45) is 0 Å². The molecule has 0 unspecified atom stereocenters. The molecular formula is C15H20BrNO2. The minimum absolute atomic E-state index is 0.135. The van der Waals surface area contributed by atoms with Gasteiger partial charge in [-0.3, -0.25) is 4.79 Å². The Morgan fingerprint density at radius 1 is 1.32 bits per heavy atom. The number of rotatable bonds is 4. The lowest BCUT2D eigenvalue weighted by Crippen LogP contribution is -2.40. The minimum atomic E-state index is 0.135. The van der Waals surface area contributed by atoms with Crippen LogP contribution in [0.15, 0.2) is 24.3 Å². The van der Waals surface area contributed by atoms with Gasteiger partial charge in [-0.1, -0.05) is 28.1 Å². The molecule has 1 heterocycles. The number of amides is 1. The smallest absolute Gasteiger partial charge is 0.253 e. The van der Waals surface area contributed by atoms with Gasteiger partial charge in [-0.25, -0.2) is 0 Å². The Morgan fingerprint density at radius 3 is 2.47 bits per heavy atom. The molecule has 0 atom stereocenters. The summed E-state index contributed by atoms with van der Waals surface area (Å²) in [5, 5.41) is 0.821. The fraction of sp³-hybridized carbons (Fsp3) is 0.533. The molecular weight excluding hydrogens is 306 g/mol. The van der Waals surface area contributed by atoms with Gasteiger partial charge in [0.05, 0.1) is 6.10 Å². The lowest BCUT2D eigenvalue weighted by atomic mass is 10.1. The molecule has 1 aliphatic heterocycles. The van der Waals surface area contributed by atoms with E-state index in [-0.39, 0.29) is 5.91 Å². The summed E-state index contributed by atoms with van der Waals surface area (Å²) in [5.41, 5.74) is 1.96. The standard InChI is InChI=1S/C15H20BrNO2/c1-2-19-14-7-9-17(10-8-14)15(18)13-5-3-12(11-16)4-6-13/h3-6,14H,2,7-11H2,1H3. The third kappa shape index (κ3) is 3.80. The van der Waals surface area contributed by atoms with Crippen LogP contribution in [0.3, 0.4) is 0 Å². The Balaban J connectivity index is 1.93. The first kappa shape index (κ1) is 14.5. The number of hydrogen-bond acceptors (Lipinski definition) is 2. The highest BCUT2D eigenvalue weighted by Crippen LogP contribution is 2.17. The van der Waals surface area contributed by atoms with Crippen molar-refractivity contribution in [2.45, 2.75) is 31.2 Å². The van der Waals surface area contributed by atoms with E-state index >= 15 is 0 Å². The van der Waals surface area contributed by atoms with Crippen molar-refractivity contribution >= 4 is 21.8 Å². The van der Waals surface area contributed by atoms with Crippen LogP contribution in [0.25, 0.3) is 0 Å². The molecule has 1 fully saturated rings. The Bertz CT molecular complexity index is 411. The van der Waals surface area contributed by atoms with Gasteiger partial charge in [0.1, 0.15) is 0 Å². The SMILES string of the molecule is CCOC1CCN(C(=O)c2ccc(CBr)cc2)CC1. The van der Waals surface area contributed by atoms with Gasteiger partial charge < -0.3 is 9.64 Å². The van der Waals surface area contributed by atoms with Crippen molar-refractivity contribution in [2.75, 3.05) is 19.7 Å². The molecule has 1 aliphatic rings. The summed E-state index contributed by atoms with van der Waals surface area (Å²) in [6.45, 7) is 4.36. The predicted molar refractivity (Wildman–Crippen MR) is 79.6 cm³/mol. The van der Waals surface area contributed by atoms with Crippen molar-refractivity contribution in [3.63, 3.8) is 0 Å². The molecule has 0 spiro atoms. The quantitative estimate of drug-likeness (QED) is 0.795. The molecule has 2 rings (SSSR count). The molecule has 1 aromatic carbocycles. The maximum Gasteiger partial charge on any atom is 0.253 e. The van der Waals surface area contributed by atoms with Gasteiger partial charge >= 0.3 is 0 Å². The molecule has 1 amide bonds. The highest BCUT2D eigenvalue weighted by molar-refractivity contribution is 9.08. The molecule has 0 bridgehead atoms. The van der Waals surface area contributed by atoms with E-state index in [1.54, 1.807) is 0 Å². The Labute approximate surface area is 123 Å². The van der Waals surface area contributed by atoms with Crippen LogP contribution in [-0.4, -0.2) is 36.6 Å². The lowest BCUT2D eigenvalue weighted by Gasteiger charge is -2.31. The van der Waals surface area contributed by atoms with Gasteiger partial charge in [-0.2, -0.15) is 0 Å². The van der Waals surface area contributed by atoms with E-state index < -0.39 is 0 Å². The molecule has 104 valence electrons. The molecule has 0 saturated carbocycles. The summed E-state index contributed by atoms with van der Waals surface area (Å²) in [6, 6.07) is 7.81. The third-order valence-electron chi connectivity index (χ3n) is 3.49. The first-order valence-corrected chi connectivity index (χ1v) is 7.92. The molecule has 0 aromatic heterocycles. The minimum Gasteiger partial charge on any atom is -0.378 e. The van der Waals surface area contributed by atoms with Gasteiger partial charge in [0.2, 0.25) is 0 Å². The van der Waals surface area contributed by atoms with E-state index in [9.17, 15) is 4.79 Å². The fourth-order valence-corrected chi connectivity index (χ4v) is 2.75. The second-order valence-corrected chi connectivity index (χ2v) is 5.34. The number of nitrogens with zero attached hydrogens (tertiary/aromatic N) is 1. The number of hydrogen-bond donors (Lipinski definition) is 0. The van der Waals surface area contributed by atoms with Gasteiger partial charge in [0, 0.05) is 30.6 Å². The maximum atomic E-state index is 12.3. The summed E-state index contributed by atoms with van der Waals surface area (Å²) in [6.07, 6.45) is 2.21. The van der Waals surface area contributed by atoms with Crippen LogP contribution in [0.2, 0.25) is 0 Å². The van der Waals surface area contributed by atoms with E-state index in [1.165, 1.54) is 5.56 Å². The highest BCUT2D eigenvalue weighted by Gasteiger charge is 2.23. The molecule has 19 heavy (non-hydrogen) atoms. The maximum absolute atomic E-state index is 12.3. The number of piperidine rings is 1. The summed E-state index contributed by atoms with van der Waals surface area (Å²) < 4.78 is 5.60. The Kier molecular flexibility index (Phi) is 5.40. The van der Waals surface area contributed by atoms with E-state index in [2.05, 4.69) is 15.9 Å². The second-order valence-electron chi connectivity index (χ2n) is 4.78. The molecule has 4 heteroatoms. The number of ether oxygens (including phenoxy) is 1. The van der Waals surface area contributed by atoms with Crippen molar-refractivity contribution in [3.8, 4) is 0 Å². The van der Waals surface area contributed by atoms with Gasteiger partial charge in [-0.15, -0.1) is 0 Å². The summed E-state index contributed by atoms with van der Waals surface area (Å²) >= 11 is 3.41. The average Bonchev–Trinajstić information content (AvgIpc) is 2.48. The highest BCUT2D eigenvalue weighted by atomic mass is 79.9. The monoisotopic (exact) mass is 325 g/mol. The second kappa shape index (κ2) is 7.06. The average molecular weight is 326 g/mol. The number of alkyl halides is 1. The Morgan fingerprint density at radius 2 is 1.95 bits per heavy atom. The third-order valence-corrected chi connectivity index (χ3v) is 4.13. The number of carbonyl (C=O) groups is 1. The van der Waals surface area contributed by atoms with E-state index in [0.29, 0.717) is 6.10 Å². The lowest BCUT2D eigenvalue weighted by molar-refractivity contribution is 0.0146. The van der Waals surface area contributed by atoms with Crippen LogP contribution in [0.1, 0.15) is 35.7 Å². The summed E-state index contributed by atoms with van der Waals surface area (Å²) in [4.78, 5) is 14.3. The van der Waals surface area contributed by atoms with E-state index in [1.807, 2.05) is 36.1 Å². The van der Waals surface area contributed by atoms with Crippen molar-refractivity contribution in [1.82, 2.24) is 4.90 Å². The zero-order valence-electron chi connectivity index (χ0n) is 11.3. The van der Waals surface area contributed by atoms with Crippen LogP contribution in [0, 0.1) is 0 Å². The van der Waals surface area contributed by atoms with Gasteiger partial charge in [-0.05, 0) is 37.5 Å². The summed E-state index contributed by atoms with van der Waals surface area (Å²) in [7, 11) is 0. The molecule has 0 radical (unpaired) electrons. The number of halogens is 1. The first-order valence-electron chi connectivity index (χ1n) is 6.80. The Hall–Kier alpha value is -0.870. The van der Waals surface area contributed by atoms with Crippen LogP contribution < -0.4 is 0 Å². The zero-order chi connectivity index (χ0) is 13.7. The van der Waals surface area contributed by atoms with Crippen LogP contribution in [0.5, 0.6) is 0 Å². The molecule has 0 aliphatic carbocycles. The van der Waals surface area contributed by atoms with E-state index in [0.717, 1.165) is 43.4 Å². The normalized spacial score (nSPS) is 16.6. The van der Waals surface area contributed by atoms with Crippen LogP contribution in [-0.2, 0) is 10.1 Å². The zero-order valence-corrected chi connectivity index (χ0v) is 12.9. The molecule has 1 saturated heterocycles. The van der Waals surface area contributed by atoms with E-state index in [4.69, 9.17) is 4.74 Å². The number of benzene rings is 1. The van der Waals surface area contributed by atoms with Crippen molar-refractivity contribution in [1.29, 1.82) is 0 Å². The molecule has 3 nitrogen and oxygen atoms in total. The van der Waals surface area contributed by atoms with Gasteiger partial charge in [0.15, 0.2) is 0 Å². The number of carbonyl (C=O) groups excluding carboxylic acids is 1. The van der Waals surface area contributed by atoms with Gasteiger partial charge in [0.25, 0.3) is 5.91 Å². The van der Waals surface area contributed by atoms with Crippen LogP contribution >= 0.6 is 15.9 Å². The summed E-state index contributed by atoms with van der Waals surface area (Å²) in [5.74, 6) is 0.135. The molecule has 0 N–H and O–H groups in total. The fourth-order valence-electron chi connectivity index (χ4n) is 2.38. The predicted octanol–water partition coefficient (Wildman–Crippen LogP) is 3.22. The first-order chi connectivity index (χ1) is 9.24.